The zero-order valence-electron chi connectivity index (χ0n) is 32.6. The van der Waals surface area contributed by atoms with Gasteiger partial charge in [-0.3, -0.25) is 4.99 Å². The highest BCUT2D eigenvalue weighted by Gasteiger charge is 2.52. The van der Waals surface area contributed by atoms with Gasteiger partial charge in [-0.15, -0.1) is 0 Å². The summed E-state index contributed by atoms with van der Waals surface area (Å²) in [7, 11) is 0. The quantitative estimate of drug-likeness (QED) is 0.194. The summed E-state index contributed by atoms with van der Waals surface area (Å²) in [5.74, 6) is 0. The van der Waals surface area contributed by atoms with E-state index in [-0.39, 0.29) is 6.17 Å². The second kappa shape index (κ2) is 12.6. The molecular formula is C57H36N2O. The van der Waals surface area contributed by atoms with Crippen molar-refractivity contribution in [3.8, 4) is 44.5 Å². The van der Waals surface area contributed by atoms with Gasteiger partial charge in [-0.2, -0.15) is 0 Å². The van der Waals surface area contributed by atoms with E-state index in [0.717, 1.165) is 44.1 Å². The molecule has 0 bridgehead atoms. The van der Waals surface area contributed by atoms with Gasteiger partial charge in [0.2, 0.25) is 0 Å². The molecule has 60 heavy (non-hydrogen) atoms. The summed E-state index contributed by atoms with van der Waals surface area (Å²) in [6.45, 7) is 0. The van der Waals surface area contributed by atoms with Crippen molar-refractivity contribution in [2.75, 3.05) is 0 Å². The zero-order chi connectivity index (χ0) is 39.4. The number of furan rings is 1. The van der Waals surface area contributed by atoms with Gasteiger partial charge in [0.1, 0.15) is 17.1 Å². The van der Waals surface area contributed by atoms with Crippen LogP contribution in [0.4, 0.5) is 0 Å². The van der Waals surface area contributed by atoms with Crippen LogP contribution < -0.4 is 16.1 Å². The standard InChI is InChI=1S/C57H36N2O/c1-3-15-36(16-4-1)51-41-20-8-7-19-40(41)34-49-52(51)44-32-31-39(33-48(44)57(49)46-24-12-9-21-42(46)43-22-10-13-25-47(43)57)35-27-29-38(30-28-35)56-58-53(37-17-5-2-6-18-37)55-54(59-56)45-23-11-14-26-50(45)60-55/h1-34,56,58H. The lowest BCUT2D eigenvalue weighted by Crippen LogP contribution is -2.38. The van der Waals surface area contributed by atoms with Crippen LogP contribution in [-0.2, 0) is 5.41 Å². The molecule has 2 heterocycles. The average Bonchev–Trinajstić information content (AvgIpc) is 3.95. The Kier molecular flexibility index (Phi) is 6.99. The van der Waals surface area contributed by atoms with Gasteiger partial charge < -0.3 is 9.73 Å². The maximum Gasteiger partial charge on any atom is 0.177 e. The molecule has 1 atom stereocenters. The van der Waals surface area contributed by atoms with Crippen molar-refractivity contribution in [1.29, 1.82) is 0 Å². The fraction of sp³-hybridized carbons (Fsp3) is 0.0351. The van der Waals surface area contributed by atoms with Crippen LogP contribution in [0, 0.1) is 0 Å². The average molecular weight is 765 g/mol. The Labute approximate surface area is 347 Å². The molecule has 3 heteroatoms. The smallest absolute Gasteiger partial charge is 0.177 e. The van der Waals surface area contributed by atoms with Gasteiger partial charge in [-0.1, -0.05) is 182 Å². The van der Waals surface area contributed by atoms with Crippen molar-refractivity contribution in [2.45, 2.75) is 11.6 Å². The fourth-order valence-corrected chi connectivity index (χ4v) is 10.6. The van der Waals surface area contributed by atoms with E-state index in [1.165, 1.54) is 72.0 Å². The molecule has 0 saturated heterocycles. The minimum atomic E-state index is -0.485. The highest BCUT2D eigenvalue weighted by Crippen LogP contribution is 2.65. The van der Waals surface area contributed by atoms with E-state index in [2.05, 4.69) is 193 Å². The molecule has 3 nitrogen and oxygen atoms in total. The topological polar surface area (TPSA) is 37.5 Å². The number of hydrogen-bond donors (Lipinski definition) is 1. The van der Waals surface area contributed by atoms with Crippen LogP contribution in [0.15, 0.2) is 216 Å². The van der Waals surface area contributed by atoms with Crippen LogP contribution in [0.25, 0.3) is 71.9 Å². The van der Waals surface area contributed by atoms with E-state index in [1.807, 2.05) is 18.2 Å². The lowest BCUT2D eigenvalue weighted by Gasteiger charge is -2.31. The lowest BCUT2D eigenvalue weighted by atomic mass is 9.69. The van der Waals surface area contributed by atoms with Gasteiger partial charge in [0.05, 0.1) is 11.1 Å². The second-order valence-electron chi connectivity index (χ2n) is 16.2. The maximum absolute atomic E-state index is 6.42. The van der Waals surface area contributed by atoms with Gasteiger partial charge in [0.15, 0.2) is 5.42 Å². The van der Waals surface area contributed by atoms with E-state index in [0.29, 0.717) is 0 Å². The van der Waals surface area contributed by atoms with Gasteiger partial charge in [-0.05, 0) is 107 Å². The molecule has 1 spiro atoms. The van der Waals surface area contributed by atoms with Crippen LogP contribution in [0.1, 0.15) is 39.5 Å². The number of nitrogens with one attached hydrogen (secondary N) is 1. The third kappa shape index (κ3) is 4.57. The first kappa shape index (κ1) is 33.2. The molecule has 0 saturated carbocycles. The normalized spacial score (nSPS) is 15.2. The molecule has 0 fully saturated rings. The molecule has 10 aromatic rings. The number of rotatable bonds is 4. The molecule has 0 radical (unpaired) electrons. The number of para-hydroxylation sites is 1. The first-order chi connectivity index (χ1) is 29.8. The lowest BCUT2D eigenvalue weighted by molar-refractivity contribution is 0.535. The van der Waals surface area contributed by atoms with Gasteiger partial charge in [-0.25, -0.2) is 0 Å². The Morgan fingerprint density at radius 2 is 1.05 bits per heavy atom. The van der Waals surface area contributed by atoms with Crippen molar-refractivity contribution in [1.82, 2.24) is 5.32 Å². The fourth-order valence-electron chi connectivity index (χ4n) is 10.6. The van der Waals surface area contributed by atoms with E-state index in [9.17, 15) is 0 Å². The summed E-state index contributed by atoms with van der Waals surface area (Å²) >= 11 is 0. The van der Waals surface area contributed by atoms with E-state index in [1.54, 1.807) is 0 Å². The van der Waals surface area contributed by atoms with Crippen LogP contribution in [-0.4, -0.2) is 0 Å². The Hall–Kier alpha value is -7.75. The van der Waals surface area contributed by atoms with E-state index >= 15 is 0 Å². The molecule has 3 aliphatic rings. The number of hydrogen-bond acceptors (Lipinski definition) is 3. The van der Waals surface area contributed by atoms with Gasteiger partial charge in [0.25, 0.3) is 0 Å². The molecule has 1 aromatic heterocycles. The molecular weight excluding hydrogens is 729 g/mol. The Morgan fingerprint density at radius 3 is 1.80 bits per heavy atom. The molecule has 9 aromatic carbocycles. The largest absolute Gasteiger partial charge is 0.452 e. The SMILES string of the molecule is c1ccc(C2=c3oc4ccccc4c3=NC(c3ccc(-c4ccc5c(c4)C4(c6ccccc6-c6ccccc64)c4cc6ccccc6c(-c6ccccc6)c4-5)cc3)N2)cc1. The number of fused-ring (bicyclic) bond motifs is 14. The first-order valence-corrected chi connectivity index (χ1v) is 20.7. The Bertz CT molecular complexity index is 3460. The monoisotopic (exact) mass is 764 g/mol. The summed E-state index contributed by atoms with van der Waals surface area (Å²) in [4.78, 5) is 5.27. The summed E-state index contributed by atoms with van der Waals surface area (Å²) in [5.41, 5.74) is 19.7. The molecule has 2 aliphatic carbocycles. The van der Waals surface area contributed by atoms with Crippen molar-refractivity contribution >= 4 is 27.4 Å². The summed E-state index contributed by atoms with van der Waals surface area (Å²) in [6.07, 6.45) is -0.280. The van der Waals surface area contributed by atoms with E-state index < -0.39 is 5.41 Å². The van der Waals surface area contributed by atoms with Crippen molar-refractivity contribution < 1.29 is 4.42 Å². The van der Waals surface area contributed by atoms with Gasteiger partial charge in [0, 0.05) is 10.9 Å². The zero-order valence-corrected chi connectivity index (χ0v) is 32.6. The Balaban J connectivity index is 1.00. The van der Waals surface area contributed by atoms with Crippen molar-refractivity contribution in [3.63, 3.8) is 0 Å². The first-order valence-electron chi connectivity index (χ1n) is 20.7. The third-order valence-corrected chi connectivity index (χ3v) is 13.1. The van der Waals surface area contributed by atoms with Crippen molar-refractivity contribution in [3.05, 3.63) is 250 Å². The molecule has 1 aliphatic heterocycles. The maximum atomic E-state index is 6.42. The van der Waals surface area contributed by atoms with Crippen LogP contribution in [0.2, 0.25) is 0 Å². The highest BCUT2D eigenvalue weighted by molar-refractivity contribution is 6.10. The number of nitrogens with zero attached hydrogens (tertiary/aromatic N) is 1. The van der Waals surface area contributed by atoms with E-state index in [4.69, 9.17) is 9.41 Å². The predicted octanol–water partition coefficient (Wildman–Crippen LogP) is 12.3. The molecule has 280 valence electrons. The third-order valence-electron chi connectivity index (χ3n) is 13.1. The molecule has 13 rings (SSSR count). The minimum absolute atomic E-state index is 0.280. The molecule has 0 amide bonds. The van der Waals surface area contributed by atoms with Crippen LogP contribution >= 0.6 is 0 Å². The number of benzene rings is 9. The summed E-state index contributed by atoms with van der Waals surface area (Å²) in [6, 6.07) is 75.3. The van der Waals surface area contributed by atoms with Crippen LogP contribution in [0.5, 0.6) is 0 Å². The molecule has 1 N–H and O–H groups in total. The highest BCUT2D eigenvalue weighted by atomic mass is 16.3. The van der Waals surface area contributed by atoms with Crippen LogP contribution in [0.3, 0.4) is 0 Å². The summed E-state index contributed by atoms with van der Waals surface area (Å²) < 4.78 is 6.42. The second-order valence-corrected chi connectivity index (χ2v) is 16.2. The van der Waals surface area contributed by atoms with Gasteiger partial charge >= 0.3 is 0 Å². The minimum Gasteiger partial charge on any atom is -0.452 e. The van der Waals surface area contributed by atoms with Crippen molar-refractivity contribution in [2.24, 2.45) is 4.99 Å². The Morgan fingerprint density at radius 1 is 0.433 bits per heavy atom. The molecule has 1 unspecified atom stereocenters. The summed E-state index contributed by atoms with van der Waals surface area (Å²) in [5, 5.41) is 8.19. The predicted molar refractivity (Wildman–Crippen MR) is 243 cm³/mol.